The van der Waals surface area contributed by atoms with Gasteiger partial charge in [-0.05, 0) is 61.2 Å². The summed E-state index contributed by atoms with van der Waals surface area (Å²) >= 11 is 6.47. The molecule has 1 aliphatic carbocycles. The molecule has 0 saturated heterocycles. The number of amides is 2. The summed E-state index contributed by atoms with van der Waals surface area (Å²) < 4.78 is 34.8. The molecule has 48 heavy (non-hydrogen) atoms. The number of halogens is 1. The van der Waals surface area contributed by atoms with Gasteiger partial charge in [-0.3, -0.25) is 13.9 Å². The van der Waals surface area contributed by atoms with Crippen molar-refractivity contribution in [3.8, 4) is 5.75 Å². The van der Waals surface area contributed by atoms with Crippen molar-refractivity contribution in [2.75, 3.05) is 18.0 Å². The Kier molecular flexibility index (Phi) is 11.8. The molecular weight excluding hydrogens is 646 g/mol. The highest BCUT2D eigenvalue weighted by Gasteiger charge is 2.35. The molecule has 0 aliphatic heterocycles. The Morgan fingerprint density at radius 3 is 2.19 bits per heavy atom. The number of carbonyl (C=O) groups is 2. The molecule has 8 nitrogen and oxygen atoms in total. The van der Waals surface area contributed by atoms with Crippen molar-refractivity contribution >= 4 is 39.1 Å². The number of ether oxygens (including phenoxy) is 1. The Bertz CT molecular complexity index is 1800. The molecule has 1 saturated carbocycles. The zero-order chi connectivity index (χ0) is 34.1. The monoisotopic (exact) mass is 687 g/mol. The lowest BCUT2D eigenvalue weighted by Crippen LogP contribution is -2.55. The summed E-state index contributed by atoms with van der Waals surface area (Å²) in [5.41, 5.74) is 2.92. The number of anilines is 1. The molecule has 1 unspecified atom stereocenters. The lowest BCUT2D eigenvalue weighted by atomic mass is 9.94. The fourth-order valence-electron chi connectivity index (χ4n) is 6.16. The molecular formula is C38H42ClN3O5S. The first-order chi connectivity index (χ1) is 23.2. The molecule has 1 fully saturated rings. The van der Waals surface area contributed by atoms with Crippen LogP contribution in [-0.2, 0) is 32.6 Å². The molecule has 0 bridgehead atoms. The Hall–Kier alpha value is -4.34. The quantitative estimate of drug-likeness (QED) is 0.164. The predicted octanol–water partition coefficient (Wildman–Crippen LogP) is 6.94. The smallest absolute Gasteiger partial charge is 0.264 e. The van der Waals surface area contributed by atoms with Gasteiger partial charge in [-0.25, -0.2) is 8.42 Å². The Balaban J connectivity index is 1.57. The fourth-order valence-corrected chi connectivity index (χ4v) is 7.84. The molecule has 2 amide bonds. The zero-order valence-corrected chi connectivity index (χ0v) is 28.9. The number of rotatable bonds is 13. The molecule has 252 valence electrons. The lowest BCUT2D eigenvalue weighted by Gasteiger charge is -2.35. The van der Waals surface area contributed by atoms with Crippen molar-refractivity contribution in [1.29, 1.82) is 0 Å². The molecule has 0 radical (unpaired) electrons. The minimum Gasteiger partial charge on any atom is -0.495 e. The summed E-state index contributed by atoms with van der Waals surface area (Å²) in [7, 11) is -2.77. The Morgan fingerprint density at radius 1 is 0.875 bits per heavy atom. The number of methoxy groups -OCH3 is 1. The molecule has 4 aromatic carbocycles. The number of hydrogen-bond acceptors (Lipinski definition) is 5. The van der Waals surface area contributed by atoms with Crippen molar-refractivity contribution in [3.63, 3.8) is 0 Å². The van der Waals surface area contributed by atoms with Crippen LogP contribution >= 0.6 is 11.6 Å². The average Bonchev–Trinajstić information content (AvgIpc) is 3.09. The summed E-state index contributed by atoms with van der Waals surface area (Å²) in [6.07, 6.45) is 5.25. The summed E-state index contributed by atoms with van der Waals surface area (Å²) in [5, 5.41) is 3.43. The number of aryl methyl sites for hydroxylation is 1. The third-order valence-corrected chi connectivity index (χ3v) is 10.8. The van der Waals surface area contributed by atoms with E-state index < -0.39 is 28.5 Å². The highest BCUT2D eigenvalue weighted by molar-refractivity contribution is 7.92. The fraction of sp³-hybridized carbons (Fsp3) is 0.316. The van der Waals surface area contributed by atoms with Crippen LogP contribution in [0.4, 0.5) is 5.69 Å². The first-order valence-electron chi connectivity index (χ1n) is 16.3. The number of hydrogen-bond donors (Lipinski definition) is 1. The number of nitrogens with zero attached hydrogens (tertiary/aromatic N) is 2. The molecule has 4 aromatic rings. The van der Waals surface area contributed by atoms with E-state index in [2.05, 4.69) is 5.32 Å². The number of sulfonamides is 1. The molecule has 10 heteroatoms. The van der Waals surface area contributed by atoms with Gasteiger partial charge in [-0.2, -0.15) is 0 Å². The molecule has 1 atom stereocenters. The maximum atomic E-state index is 14.7. The van der Waals surface area contributed by atoms with Crippen LogP contribution in [0.25, 0.3) is 0 Å². The SMILES string of the molecule is COc1ccc(N(CC(=O)N(Cc2cccc(C)c2)C(Cc2ccccc2)C(=O)NC2CCCCC2)S(=O)(=O)c2ccccc2)cc1Cl. The van der Waals surface area contributed by atoms with Crippen molar-refractivity contribution in [2.45, 2.75) is 69.0 Å². The molecule has 0 spiro atoms. The van der Waals surface area contributed by atoms with Gasteiger partial charge < -0.3 is 15.0 Å². The van der Waals surface area contributed by atoms with E-state index in [1.807, 2.05) is 61.5 Å². The van der Waals surface area contributed by atoms with Crippen LogP contribution in [0.3, 0.4) is 0 Å². The minimum absolute atomic E-state index is 0.0193. The summed E-state index contributed by atoms with van der Waals surface area (Å²) in [6.45, 7) is 1.51. The number of benzene rings is 4. The van der Waals surface area contributed by atoms with Crippen LogP contribution in [0.2, 0.25) is 5.02 Å². The van der Waals surface area contributed by atoms with Crippen LogP contribution in [0.1, 0.15) is 48.8 Å². The summed E-state index contributed by atoms with van der Waals surface area (Å²) in [4.78, 5) is 30.5. The third-order valence-electron chi connectivity index (χ3n) is 8.69. The largest absolute Gasteiger partial charge is 0.495 e. The van der Waals surface area contributed by atoms with Gasteiger partial charge in [0.25, 0.3) is 10.0 Å². The number of carbonyl (C=O) groups excluding carboxylic acids is 2. The first-order valence-corrected chi connectivity index (χ1v) is 18.1. The van der Waals surface area contributed by atoms with Crippen LogP contribution < -0.4 is 14.4 Å². The van der Waals surface area contributed by atoms with E-state index in [0.29, 0.717) is 5.75 Å². The predicted molar refractivity (Wildman–Crippen MR) is 190 cm³/mol. The van der Waals surface area contributed by atoms with Crippen LogP contribution in [0.15, 0.2) is 108 Å². The maximum Gasteiger partial charge on any atom is 0.264 e. The lowest BCUT2D eigenvalue weighted by molar-refractivity contribution is -0.140. The molecule has 1 N–H and O–H groups in total. The Morgan fingerprint density at radius 2 is 1.54 bits per heavy atom. The molecule has 5 rings (SSSR count). The first kappa shape index (κ1) is 35.0. The standard InChI is InChI=1S/C38H42ClN3O5S/c1-28-13-12-16-30(23-28)26-41(35(24-29-14-6-3-7-15-29)38(44)40-31-17-8-4-9-18-31)37(43)27-42(32-21-22-36(47-2)34(39)25-32)48(45,46)33-19-10-5-11-20-33/h3,5-7,10-16,19-23,25,31,35H,4,8-9,17-18,24,26-27H2,1-2H3,(H,40,44). The second-order valence-corrected chi connectivity index (χ2v) is 14.5. The van der Waals surface area contributed by atoms with E-state index >= 15 is 0 Å². The van der Waals surface area contributed by atoms with Crippen molar-refractivity contribution in [3.05, 3.63) is 125 Å². The molecule has 0 heterocycles. The minimum atomic E-state index is -4.24. The van der Waals surface area contributed by atoms with Gasteiger partial charge in [0.05, 0.1) is 22.7 Å². The molecule has 1 aliphatic rings. The van der Waals surface area contributed by atoms with E-state index in [1.54, 1.807) is 30.3 Å². The van der Waals surface area contributed by atoms with Gasteiger partial charge in [0, 0.05) is 19.0 Å². The van der Waals surface area contributed by atoms with Gasteiger partial charge in [0.1, 0.15) is 18.3 Å². The summed E-state index contributed by atoms with van der Waals surface area (Å²) in [6, 6.07) is 29.0. The van der Waals surface area contributed by atoms with E-state index in [0.717, 1.165) is 53.1 Å². The summed E-state index contributed by atoms with van der Waals surface area (Å²) in [5.74, 6) is -0.411. The van der Waals surface area contributed by atoms with E-state index in [-0.39, 0.29) is 40.5 Å². The van der Waals surface area contributed by atoms with E-state index in [1.165, 1.54) is 30.2 Å². The van der Waals surface area contributed by atoms with E-state index in [4.69, 9.17) is 16.3 Å². The maximum absolute atomic E-state index is 14.7. The van der Waals surface area contributed by atoms with Crippen LogP contribution in [0.5, 0.6) is 5.75 Å². The van der Waals surface area contributed by atoms with Gasteiger partial charge in [-0.15, -0.1) is 0 Å². The number of nitrogens with one attached hydrogen (secondary N) is 1. The van der Waals surface area contributed by atoms with E-state index in [9.17, 15) is 18.0 Å². The normalized spacial score (nSPS) is 14.1. The second-order valence-electron chi connectivity index (χ2n) is 12.2. The zero-order valence-electron chi connectivity index (χ0n) is 27.3. The average molecular weight is 688 g/mol. The van der Waals surface area contributed by atoms with Gasteiger partial charge in [-0.1, -0.05) is 109 Å². The van der Waals surface area contributed by atoms with Gasteiger partial charge >= 0.3 is 0 Å². The highest BCUT2D eigenvalue weighted by Crippen LogP contribution is 2.32. The molecule has 0 aromatic heterocycles. The van der Waals surface area contributed by atoms with Gasteiger partial charge in [0.2, 0.25) is 11.8 Å². The van der Waals surface area contributed by atoms with Crippen molar-refractivity contribution in [2.24, 2.45) is 0 Å². The Labute approximate surface area is 288 Å². The van der Waals surface area contributed by atoms with Crippen molar-refractivity contribution in [1.82, 2.24) is 10.2 Å². The van der Waals surface area contributed by atoms with Crippen LogP contribution in [0, 0.1) is 6.92 Å². The highest BCUT2D eigenvalue weighted by atomic mass is 35.5. The van der Waals surface area contributed by atoms with Crippen molar-refractivity contribution < 1.29 is 22.7 Å². The van der Waals surface area contributed by atoms with Gasteiger partial charge in [0.15, 0.2) is 0 Å². The second kappa shape index (κ2) is 16.2. The topological polar surface area (TPSA) is 96.0 Å². The van der Waals surface area contributed by atoms with Crippen LogP contribution in [-0.4, -0.2) is 50.9 Å². The third kappa shape index (κ3) is 8.76.